The topological polar surface area (TPSA) is 96.8 Å². The van der Waals surface area contributed by atoms with Crippen LogP contribution in [-0.2, 0) is 11.3 Å². The number of piperidine rings is 1. The molecule has 6 nitrogen and oxygen atoms in total. The summed E-state index contributed by atoms with van der Waals surface area (Å²) in [4.78, 5) is 24.4. The first-order chi connectivity index (χ1) is 9.38. The summed E-state index contributed by atoms with van der Waals surface area (Å²) in [7, 11) is 0. The zero-order chi connectivity index (χ0) is 14.9. The summed E-state index contributed by atoms with van der Waals surface area (Å²) in [5.41, 5.74) is 6.23. The summed E-state index contributed by atoms with van der Waals surface area (Å²) >= 11 is 0. The minimum Gasteiger partial charge on any atom is -0.475 e. The molecule has 6 heteroatoms. The quantitative estimate of drug-likeness (QED) is 0.868. The molecule has 1 aromatic rings. The van der Waals surface area contributed by atoms with Crippen LogP contribution in [0.3, 0.4) is 0 Å². The highest BCUT2D eigenvalue weighted by molar-refractivity contribution is 5.84. The van der Waals surface area contributed by atoms with E-state index in [1.54, 1.807) is 13.0 Å². The van der Waals surface area contributed by atoms with Crippen LogP contribution >= 0.6 is 0 Å². The maximum absolute atomic E-state index is 11.3. The Balaban J connectivity index is 2.11. The van der Waals surface area contributed by atoms with Gasteiger partial charge in [-0.25, -0.2) is 4.79 Å². The molecule has 0 spiro atoms. The number of nitrogens with two attached hydrogens (primary N) is 1. The van der Waals surface area contributed by atoms with Gasteiger partial charge in [0.15, 0.2) is 0 Å². The number of nitrogens with zero attached hydrogens (tertiary/aromatic N) is 1. The third-order valence-corrected chi connectivity index (χ3v) is 4.02. The molecule has 1 saturated heterocycles. The SMILES string of the molecule is Cc1oc(C(=O)O)cc1CN1CC(C(N)=O)CCC1C. The Hall–Kier alpha value is -1.82. The molecule has 0 bridgehead atoms. The number of aromatic carboxylic acids is 1. The number of carboxylic acid groups (broad SMARTS) is 1. The van der Waals surface area contributed by atoms with Crippen molar-refractivity contribution in [3.63, 3.8) is 0 Å². The van der Waals surface area contributed by atoms with E-state index in [1.165, 1.54) is 0 Å². The van der Waals surface area contributed by atoms with Gasteiger partial charge < -0.3 is 15.3 Å². The fourth-order valence-corrected chi connectivity index (χ4v) is 2.63. The number of carbonyl (C=O) groups is 2. The van der Waals surface area contributed by atoms with Crippen molar-refractivity contribution in [2.24, 2.45) is 11.7 Å². The highest BCUT2D eigenvalue weighted by Gasteiger charge is 2.29. The number of hydrogen-bond acceptors (Lipinski definition) is 4. The molecule has 20 heavy (non-hydrogen) atoms. The zero-order valence-electron chi connectivity index (χ0n) is 11.8. The van der Waals surface area contributed by atoms with E-state index >= 15 is 0 Å². The van der Waals surface area contributed by atoms with Gasteiger partial charge in [0.25, 0.3) is 0 Å². The second kappa shape index (κ2) is 5.66. The van der Waals surface area contributed by atoms with Gasteiger partial charge in [-0.1, -0.05) is 0 Å². The van der Waals surface area contributed by atoms with Crippen LogP contribution in [0.5, 0.6) is 0 Å². The maximum atomic E-state index is 11.3. The minimum atomic E-state index is -1.07. The Morgan fingerprint density at radius 3 is 2.75 bits per heavy atom. The number of hydrogen-bond donors (Lipinski definition) is 2. The van der Waals surface area contributed by atoms with Crippen molar-refractivity contribution in [1.29, 1.82) is 0 Å². The summed E-state index contributed by atoms with van der Waals surface area (Å²) in [5.74, 6) is -0.903. The van der Waals surface area contributed by atoms with Gasteiger partial charge in [0.1, 0.15) is 5.76 Å². The Labute approximate surface area is 117 Å². The van der Waals surface area contributed by atoms with E-state index < -0.39 is 5.97 Å². The molecule has 1 aliphatic heterocycles. The molecule has 1 amide bonds. The minimum absolute atomic E-state index is 0.0476. The van der Waals surface area contributed by atoms with Gasteiger partial charge in [-0.15, -0.1) is 0 Å². The van der Waals surface area contributed by atoms with Crippen LogP contribution in [0, 0.1) is 12.8 Å². The smallest absolute Gasteiger partial charge is 0.371 e. The number of likely N-dealkylation sites (tertiary alicyclic amines) is 1. The lowest BCUT2D eigenvalue weighted by Crippen LogP contribution is -2.45. The van der Waals surface area contributed by atoms with Crippen LogP contribution in [0.25, 0.3) is 0 Å². The predicted octanol–water partition coefficient (Wildman–Crippen LogP) is 1.37. The van der Waals surface area contributed by atoms with Crippen LogP contribution in [0.15, 0.2) is 10.5 Å². The number of aryl methyl sites for hydroxylation is 1. The summed E-state index contributed by atoms with van der Waals surface area (Å²) in [5, 5.41) is 8.93. The third kappa shape index (κ3) is 3.01. The largest absolute Gasteiger partial charge is 0.475 e. The van der Waals surface area contributed by atoms with E-state index in [4.69, 9.17) is 15.3 Å². The second-order valence-electron chi connectivity index (χ2n) is 5.45. The lowest BCUT2D eigenvalue weighted by Gasteiger charge is -2.36. The lowest BCUT2D eigenvalue weighted by molar-refractivity contribution is -0.124. The van der Waals surface area contributed by atoms with Crippen molar-refractivity contribution in [1.82, 2.24) is 4.90 Å². The van der Waals surface area contributed by atoms with Gasteiger partial charge in [-0.2, -0.15) is 0 Å². The van der Waals surface area contributed by atoms with E-state index in [1.807, 2.05) is 0 Å². The van der Waals surface area contributed by atoms with Crippen LogP contribution in [0.4, 0.5) is 0 Å². The average molecular weight is 280 g/mol. The maximum Gasteiger partial charge on any atom is 0.371 e. The molecule has 0 aliphatic carbocycles. The standard InChI is InChI=1S/C14H20N2O4/c1-8-3-4-10(13(15)17)6-16(8)7-11-5-12(14(18)19)20-9(11)2/h5,8,10H,3-4,6-7H2,1-2H3,(H2,15,17)(H,18,19). The molecular weight excluding hydrogens is 260 g/mol. The monoisotopic (exact) mass is 280 g/mol. The number of carbonyl (C=O) groups excluding carboxylic acids is 1. The Bertz CT molecular complexity index is 523. The van der Waals surface area contributed by atoms with Gasteiger partial charge in [-0.3, -0.25) is 9.69 Å². The van der Waals surface area contributed by atoms with Crippen molar-refractivity contribution in [2.75, 3.05) is 6.54 Å². The molecule has 1 aromatic heterocycles. The Kier molecular flexibility index (Phi) is 4.13. The van der Waals surface area contributed by atoms with Crippen LogP contribution in [0.2, 0.25) is 0 Å². The van der Waals surface area contributed by atoms with Crippen LogP contribution in [-0.4, -0.2) is 34.5 Å². The van der Waals surface area contributed by atoms with E-state index in [2.05, 4.69) is 11.8 Å². The van der Waals surface area contributed by atoms with Crippen molar-refractivity contribution in [3.05, 3.63) is 23.2 Å². The van der Waals surface area contributed by atoms with Gasteiger partial charge in [0, 0.05) is 24.7 Å². The molecule has 0 aromatic carbocycles. The molecule has 0 radical (unpaired) electrons. The van der Waals surface area contributed by atoms with Crippen LogP contribution in [0.1, 0.15) is 41.6 Å². The van der Waals surface area contributed by atoms with Crippen molar-refractivity contribution in [3.8, 4) is 0 Å². The molecule has 2 rings (SSSR count). The third-order valence-electron chi connectivity index (χ3n) is 4.02. The first-order valence-corrected chi connectivity index (χ1v) is 6.74. The number of furan rings is 1. The highest BCUT2D eigenvalue weighted by atomic mass is 16.4. The van der Waals surface area contributed by atoms with E-state index in [0.29, 0.717) is 24.9 Å². The molecule has 110 valence electrons. The highest BCUT2D eigenvalue weighted by Crippen LogP contribution is 2.25. The van der Waals surface area contributed by atoms with Crippen molar-refractivity contribution < 1.29 is 19.1 Å². The number of amides is 1. The first-order valence-electron chi connectivity index (χ1n) is 6.74. The van der Waals surface area contributed by atoms with E-state index in [9.17, 15) is 9.59 Å². The fraction of sp³-hybridized carbons (Fsp3) is 0.571. The second-order valence-corrected chi connectivity index (χ2v) is 5.45. The summed E-state index contributed by atoms with van der Waals surface area (Å²) in [6.07, 6.45) is 1.73. The van der Waals surface area contributed by atoms with Crippen LogP contribution < -0.4 is 5.73 Å². The van der Waals surface area contributed by atoms with Crippen molar-refractivity contribution in [2.45, 2.75) is 39.3 Å². The molecule has 0 saturated carbocycles. The van der Waals surface area contributed by atoms with Gasteiger partial charge >= 0.3 is 5.97 Å². The average Bonchev–Trinajstić information content (AvgIpc) is 2.73. The molecule has 2 unspecified atom stereocenters. The molecule has 3 N–H and O–H groups in total. The molecule has 1 aliphatic rings. The fourth-order valence-electron chi connectivity index (χ4n) is 2.63. The number of rotatable bonds is 4. The molecule has 2 heterocycles. The summed E-state index contributed by atoms with van der Waals surface area (Å²) in [6, 6.07) is 1.89. The number of carboxylic acids is 1. The Morgan fingerprint density at radius 1 is 1.50 bits per heavy atom. The van der Waals surface area contributed by atoms with E-state index in [0.717, 1.165) is 18.4 Å². The summed E-state index contributed by atoms with van der Waals surface area (Å²) < 4.78 is 5.21. The summed E-state index contributed by atoms with van der Waals surface area (Å²) in [6.45, 7) is 5.05. The van der Waals surface area contributed by atoms with Crippen molar-refractivity contribution >= 4 is 11.9 Å². The van der Waals surface area contributed by atoms with Gasteiger partial charge in [0.05, 0.1) is 5.92 Å². The van der Waals surface area contributed by atoms with Gasteiger partial charge in [0.2, 0.25) is 11.7 Å². The lowest BCUT2D eigenvalue weighted by atomic mass is 9.92. The Morgan fingerprint density at radius 2 is 2.20 bits per heavy atom. The van der Waals surface area contributed by atoms with Gasteiger partial charge in [-0.05, 0) is 32.8 Å². The number of primary amides is 1. The zero-order valence-corrected chi connectivity index (χ0v) is 11.8. The molecule has 2 atom stereocenters. The molecular formula is C14H20N2O4. The normalized spacial score (nSPS) is 23.7. The predicted molar refractivity (Wildman–Crippen MR) is 72.2 cm³/mol. The molecule has 1 fully saturated rings. The first kappa shape index (κ1) is 14.6. The van der Waals surface area contributed by atoms with E-state index in [-0.39, 0.29) is 17.6 Å².